The van der Waals surface area contributed by atoms with Crippen LogP contribution in [0.1, 0.15) is 29.7 Å². The highest BCUT2D eigenvalue weighted by Gasteiger charge is 2.05. The molecule has 2 aromatic rings. The number of aliphatic hydroxyl groups is 1. The van der Waals surface area contributed by atoms with E-state index in [1.165, 1.54) is 18.2 Å². The van der Waals surface area contributed by atoms with Crippen molar-refractivity contribution in [2.45, 2.75) is 19.6 Å². The van der Waals surface area contributed by atoms with Crippen LogP contribution in [0, 0.1) is 17.1 Å². The summed E-state index contributed by atoms with van der Waals surface area (Å²) in [6.45, 7) is 1.73. The Kier molecular flexibility index (Phi) is 4.34. The lowest BCUT2D eigenvalue weighted by Gasteiger charge is -2.09. The fourth-order valence-electron chi connectivity index (χ4n) is 1.76. The van der Waals surface area contributed by atoms with Crippen molar-refractivity contribution in [3.8, 4) is 11.8 Å². The van der Waals surface area contributed by atoms with Crippen molar-refractivity contribution >= 4 is 0 Å². The maximum atomic E-state index is 13.6. The minimum atomic E-state index is -0.534. The van der Waals surface area contributed by atoms with Gasteiger partial charge < -0.3 is 9.84 Å². The van der Waals surface area contributed by atoms with E-state index in [2.05, 4.69) is 0 Å². The van der Waals surface area contributed by atoms with Gasteiger partial charge in [0.05, 0.1) is 17.7 Å². The number of hydrogen-bond acceptors (Lipinski definition) is 3. The Balaban J connectivity index is 2.07. The molecule has 0 amide bonds. The zero-order valence-electron chi connectivity index (χ0n) is 11.0. The van der Waals surface area contributed by atoms with Crippen molar-refractivity contribution in [2.75, 3.05) is 0 Å². The van der Waals surface area contributed by atoms with Gasteiger partial charge in [0, 0.05) is 5.56 Å². The summed E-state index contributed by atoms with van der Waals surface area (Å²) in [5, 5.41) is 18.2. The van der Waals surface area contributed by atoms with Crippen LogP contribution < -0.4 is 4.74 Å². The van der Waals surface area contributed by atoms with Crippen molar-refractivity contribution in [2.24, 2.45) is 0 Å². The maximum Gasteiger partial charge on any atom is 0.129 e. The van der Waals surface area contributed by atoms with Gasteiger partial charge in [-0.3, -0.25) is 0 Å². The van der Waals surface area contributed by atoms with Gasteiger partial charge in [0.2, 0.25) is 0 Å². The van der Waals surface area contributed by atoms with Crippen molar-refractivity contribution in [3.05, 3.63) is 65.0 Å². The summed E-state index contributed by atoms with van der Waals surface area (Å²) in [5.74, 6) is 0.181. The van der Waals surface area contributed by atoms with Crippen LogP contribution in [0.3, 0.4) is 0 Å². The minimum Gasteiger partial charge on any atom is -0.489 e. The van der Waals surface area contributed by atoms with Crippen molar-refractivity contribution in [1.29, 1.82) is 5.26 Å². The first kappa shape index (κ1) is 14.0. The van der Waals surface area contributed by atoms with Crippen LogP contribution in [0.25, 0.3) is 0 Å². The molecule has 102 valence electrons. The molecule has 0 radical (unpaired) electrons. The molecule has 1 N–H and O–H groups in total. The number of halogens is 1. The van der Waals surface area contributed by atoms with E-state index in [1.807, 2.05) is 6.07 Å². The molecule has 0 saturated heterocycles. The molecule has 4 heteroatoms. The summed E-state index contributed by atoms with van der Waals surface area (Å²) in [5.41, 5.74) is 1.52. The van der Waals surface area contributed by atoms with Crippen LogP contribution in [-0.4, -0.2) is 5.11 Å². The number of ether oxygens (including phenoxy) is 1. The molecule has 0 saturated carbocycles. The number of benzene rings is 2. The van der Waals surface area contributed by atoms with Crippen LogP contribution in [0.2, 0.25) is 0 Å². The van der Waals surface area contributed by atoms with Crippen LogP contribution in [-0.2, 0) is 6.61 Å². The van der Waals surface area contributed by atoms with E-state index in [4.69, 9.17) is 10.00 Å². The Morgan fingerprint density at radius 1 is 1.25 bits per heavy atom. The van der Waals surface area contributed by atoms with Gasteiger partial charge in [-0.25, -0.2) is 4.39 Å². The minimum absolute atomic E-state index is 0.0510. The molecule has 0 heterocycles. The Morgan fingerprint density at radius 3 is 2.55 bits per heavy atom. The molecule has 0 aliphatic carbocycles. The van der Waals surface area contributed by atoms with Crippen LogP contribution in [0.5, 0.6) is 5.75 Å². The summed E-state index contributed by atoms with van der Waals surface area (Å²) >= 11 is 0. The second-order valence-electron chi connectivity index (χ2n) is 4.45. The fraction of sp³-hybridized carbons (Fsp3) is 0.188. The van der Waals surface area contributed by atoms with Crippen molar-refractivity contribution in [1.82, 2.24) is 0 Å². The van der Waals surface area contributed by atoms with Gasteiger partial charge in [-0.2, -0.15) is 5.26 Å². The lowest BCUT2D eigenvalue weighted by molar-refractivity contribution is 0.199. The van der Waals surface area contributed by atoms with Crippen LogP contribution >= 0.6 is 0 Å². The molecule has 0 aliphatic rings. The first-order valence-electron chi connectivity index (χ1n) is 6.19. The van der Waals surface area contributed by atoms with E-state index in [-0.39, 0.29) is 6.61 Å². The number of aliphatic hydroxyl groups excluding tert-OH is 1. The second-order valence-corrected chi connectivity index (χ2v) is 4.45. The van der Waals surface area contributed by atoms with E-state index >= 15 is 0 Å². The Morgan fingerprint density at radius 2 is 1.95 bits per heavy atom. The van der Waals surface area contributed by atoms with E-state index in [0.717, 1.165) is 5.56 Å². The third-order valence-corrected chi connectivity index (χ3v) is 2.93. The van der Waals surface area contributed by atoms with E-state index in [0.29, 0.717) is 16.9 Å². The van der Waals surface area contributed by atoms with Gasteiger partial charge in [0.15, 0.2) is 0 Å². The predicted octanol–water partition coefficient (Wildman–Crippen LogP) is 3.33. The number of nitrogens with zero attached hydrogens (tertiary/aromatic N) is 1. The molecule has 2 rings (SSSR count). The van der Waals surface area contributed by atoms with Crippen molar-refractivity contribution in [3.63, 3.8) is 0 Å². The second kappa shape index (κ2) is 6.18. The number of nitriles is 1. The molecule has 20 heavy (non-hydrogen) atoms. The van der Waals surface area contributed by atoms with Gasteiger partial charge in [-0.05, 0) is 42.8 Å². The molecule has 2 aromatic carbocycles. The highest BCUT2D eigenvalue weighted by molar-refractivity contribution is 5.34. The highest BCUT2D eigenvalue weighted by Crippen LogP contribution is 2.19. The summed E-state index contributed by atoms with van der Waals surface area (Å²) in [7, 11) is 0. The summed E-state index contributed by atoms with van der Waals surface area (Å²) in [6, 6.07) is 13.1. The zero-order chi connectivity index (χ0) is 14.5. The molecule has 0 spiro atoms. The maximum absolute atomic E-state index is 13.6. The van der Waals surface area contributed by atoms with Gasteiger partial charge in [-0.1, -0.05) is 12.1 Å². The molecule has 0 aromatic heterocycles. The lowest BCUT2D eigenvalue weighted by atomic mass is 10.1. The average molecular weight is 271 g/mol. The van der Waals surface area contributed by atoms with Gasteiger partial charge in [0.1, 0.15) is 18.2 Å². The van der Waals surface area contributed by atoms with Crippen LogP contribution in [0.15, 0.2) is 42.5 Å². The third kappa shape index (κ3) is 3.34. The molecule has 3 nitrogen and oxygen atoms in total. The van der Waals surface area contributed by atoms with Gasteiger partial charge >= 0.3 is 0 Å². The third-order valence-electron chi connectivity index (χ3n) is 2.93. The lowest BCUT2D eigenvalue weighted by Crippen LogP contribution is -1.99. The van der Waals surface area contributed by atoms with E-state index < -0.39 is 11.9 Å². The molecule has 1 atom stereocenters. The fourth-order valence-corrected chi connectivity index (χ4v) is 1.76. The molecular weight excluding hydrogens is 257 g/mol. The number of hydrogen-bond donors (Lipinski definition) is 1. The Hall–Kier alpha value is -2.38. The first-order chi connectivity index (χ1) is 9.60. The van der Waals surface area contributed by atoms with E-state index in [1.54, 1.807) is 31.2 Å². The average Bonchev–Trinajstić information content (AvgIpc) is 2.47. The zero-order valence-corrected chi connectivity index (χ0v) is 11.0. The van der Waals surface area contributed by atoms with Gasteiger partial charge in [-0.15, -0.1) is 0 Å². The molecule has 0 fully saturated rings. The molecule has 0 aliphatic heterocycles. The standard InChI is InChI=1S/C16H14FNO2/c1-11(19)13-3-5-15(6-4-13)20-10-14-8-12(9-18)2-7-16(14)17/h2-8,11,19H,10H2,1H3/t11-/m0/s1. The molecule has 0 unspecified atom stereocenters. The van der Waals surface area contributed by atoms with Crippen LogP contribution in [0.4, 0.5) is 4.39 Å². The monoisotopic (exact) mass is 271 g/mol. The Labute approximate surface area is 116 Å². The number of rotatable bonds is 4. The SMILES string of the molecule is C[C@H](O)c1ccc(OCc2cc(C#N)ccc2F)cc1. The van der Waals surface area contributed by atoms with E-state index in [9.17, 15) is 9.50 Å². The molecule has 0 bridgehead atoms. The summed E-state index contributed by atoms with van der Waals surface area (Å²) in [6.07, 6.45) is -0.534. The largest absolute Gasteiger partial charge is 0.489 e. The smallest absolute Gasteiger partial charge is 0.129 e. The highest BCUT2D eigenvalue weighted by atomic mass is 19.1. The summed E-state index contributed by atoms with van der Waals surface area (Å²) in [4.78, 5) is 0. The van der Waals surface area contributed by atoms with Gasteiger partial charge in [0.25, 0.3) is 0 Å². The van der Waals surface area contributed by atoms with Crippen molar-refractivity contribution < 1.29 is 14.2 Å². The topological polar surface area (TPSA) is 53.2 Å². The predicted molar refractivity (Wildman–Crippen MR) is 72.5 cm³/mol. The Bertz CT molecular complexity index is 630. The quantitative estimate of drug-likeness (QED) is 0.928. The first-order valence-corrected chi connectivity index (χ1v) is 6.19. The summed E-state index contributed by atoms with van der Waals surface area (Å²) < 4.78 is 19.0. The molecular formula is C16H14FNO2. The normalized spacial score (nSPS) is 11.7.